The zero-order chi connectivity index (χ0) is 18.9. The molecule has 0 saturated heterocycles. The Morgan fingerprint density at radius 2 is 1.81 bits per heavy atom. The molecule has 1 heterocycles. The van der Waals surface area contributed by atoms with Gasteiger partial charge in [-0.1, -0.05) is 54.6 Å². The van der Waals surface area contributed by atoms with Crippen molar-refractivity contribution in [1.29, 1.82) is 0 Å². The van der Waals surface area contributed by atoms with Crippen molar-refractivity contribution in [3.63, 3.8) is 0 Å². The van der Waals surface area contributed by atoms with E-state index in [-0.39, 0.29) is 23.8 Å². The highest BCUT2D eigenvalue weighted by atomic mass is 32.2. The van der Waals surface area contributed by atoms with Gasteiger partial charge in [-0.15, -0.1) is 11.3 Å². The van der Waals surface area contributed by atoms with Gasteiger partial charge in [0.15, 0.2) is 15.0 Å². The van der Waals surface area contributed by atoms with Crippen LogP contribution < -0.4 is 5.32 Å². The van der Waals surface area contributed by atoms with E-state index in [2.05, 4.69) is 16.4 Å². The monoisotopic (exact) mass is 398 g/mol. The molecule has 0 unspecified atom stereocenters. The van der Waals surface area contributed by atoms with Gasteiger partial charge in [-0.25, -0.2) is 13.4 Å². The Labute approximate surface area is 162 Å². The van der Waals surface area contributed by atoms with E-state index in [1.54, 1.807) is 24.3 Å². The Kier molecular flexibility index (Phi) is 4.80. The van der Waals surface area contributed by atoms with Crippen LogP contribution in [0.5, 0.6) is 0 Å². The fourth-order valence-electron chi connectivity index (χ4n) is 3.14. The maximum absolute atomic E-state index is 12.2. The van der Waals surface area contributed by atoms with Gasteiger partial charge in [0.25, 0.3) is 0 Å². The second-order valence-electron chi connectivity index (χ2n) is 6.50. The summed E-state index contributed by atoms with van der Waals surface area (Å²) in [5, 5.41) is 3.27. The summed E-state index contributed by atoms with van der Waals surface area (Å²) in [5.41, 5.74) is 4.00. The lowest BCUT2D eigenvalue weighted by atomic mass is 10.1. The largest absolute Gasteiger partial charge is 0.302 e. The van der Waals surface area contributed by atoms with Crippen molar-refractivity contribution in [3.8, 4) is 11.3 Å². The Hall–Kier alpha value is -2.51. The van der Waals surface area contributed by atoms with Crippen molar-refractivity contribution in [2.75, 3.05) is 11.1 Å². The maximum Gasteiger partial charge on any atom is 0.227 e. The number of rotatable bonds is 6. The summed E-state index contributed by atoms with van der Waals surface area (Å²) in [6.45, 7) is 0. The molecule has 1 N–H and O–H groups in total. The second-order valence-corrected chi connectivity index (χ2v) is 9.77. The van der Waals surface area contributed by atoms with Crippen LogP contribution in [0.25, 0.3) is 11.3 Å². The summed E-state index contributed by atoms with van der Waals surface area (Å²) >= 11 is 1.45. The summed E-state index contributed by atoms with van der Waals surface area (Å²) in [5.74, 6) is -0.558. The summed E-state index contributed by atoms with van der Waals surface area (Å²) in [6, 6.07) is 17.1. The number of benzene rings is 2. The topological polar surface area (TPSA) is 76.1 Å². The van der Waals surface area contributed by atoms with Gasteiger partial charge in [-0.05, 0) is 11.1 Å². The highest BCUT2D eigenvalue weighted by Gasteiger charge is 2.23. The van der Waals surface area contributed by atoms with Gasteiger partial charge in [0, 0.05) is 23.3 Å². The van der Waals surface area contributed by atoms with Crippen LogP contribution in [0.1, 0.15) is 22.4 Å². The molecule has 1 aromatic heterocycles. The van der Waals surface area contributed by atoms with Crippen molar-refractivity contribution in [3.05, 3.63) is 70.6 Å². The van der Waals surface area contributed by atoms with E-state index in [0.29, 0.717) is 5.13 Å². The molecule has 0 bridgehead atoms. The molecule has 1 amide bonds. The van der Waals surface area contributed by atoms with Crippen molar-refractivity contribution in [2.24, 2.45) is 0 Å². The van der Waals surface area contributed by atoms with Crippen LogP contribution in [0.3, 0.4) is 0 Å². The molecule has 0 saturated carbocycles. The van der Waals surface area contributed by atoms with Crippen LogP contribution in [0.15, 0.2) is 54.6 Å². The standard InChI is InChI=1S/C20H18N2O3S2/c23-18(10-11-27(24,25)13-14-6-2-1-3-7-14)21-20-22-19-16-9-5-4-8-15(16)12-17(19)26-20/h1-9H,10-13H2,(H,21,22,23). The van der Waals surface area contributed by atoms with E-state index in [0.717, 1.165) is 28.1 Å². The number of carbonyl (C=O) groups is 1. The number of fused-ring (bicyclic) bond motifs is 3. The lowest BCUT2D eigenvalue weighted by Crippen LogP contribution is -2.18. The van der Waals surface area contributed by atoms with Gasteiger partial charge in [0.2, 0.25) is 5.91 Å². The third kappa shape index (κ3) is 4.09. The van der Waals surface area contributed by atoms with E-state index in [1.165, 1.54) is 16.9 Å². The molecule has 3 aromatic rings. The SMILES string of the molecule is O=C(CCS(=O)(=O)Cc1ccccc1)Nc1nc2c(s1)Cc1ccccc1-2. The average molecular weight is 399 g/mol. The van der Waals surface area contributed by atoms with E-state index < -0.39 is 9.84 Å². The number of hydrogen-bond acceptors (Lipinski definition) is 5. The third-order valence-electron chi connectivity index (χ3n) is 4.44. The second kappa shape index (κ2) is 7.25. The average Bonchev–Trinajstić information content (AvgIpc) is 3.18. The van der Waals surface area contributed by atoms with Crippen LogP contribution in [0, 0.1) is 0 Å². The van der Waals surface area contributed by atoms with E-state index in [9.17, 15) is 13.2 Å². The van der Waals surface area contributed by atoms with Gasteiger partial charge < -0.3 is 5.32 Å². The summed E-state index contributed by atoms with van der Waals surface area (Å²) in [6.07, 6.45) is 0.750. The molecule has 138 valence electrons. The van der Waals surface area contributed by atoms with E-state index in [1.807, 2.05) is 24.3 Å². The first-order valence-corrected chi connectivity index (χ1v) is 11.3. The molecule has 27 heavy (non-hydrogen) atoms. The molecule has 0 atom stereocenters. The quantitative estimate of drug-likeness (QED) is 0.538. The number of sulfone groups is 1. The Morgan fingerprint density at radius 3 is 2.63 bits per heavy atom. The number of hydrogen-bond donors (Lipinski definition) is 1. The molecule has 4 rings (SSSR count). The van der Waals surface area contributed by atoms with Gasteiger partial charge in [-0.3, -0.25) is 4.79 Å². The number of nitrogens with zero attached hydrogens (tertiary/aromatic N) is 1. The number of aromatic nitrogens is 1. The fourth-order valence-corrected chi connectivity index (χ4v) is 5.50. The zero-order valence-corrected chi connectivity index (χ0v) is 16.1. The molecule has 0 radical (unpaired) electrons. The van der Waals surface area contributed by atoms with Crippen LogP contribution in [-0.2, 0) is 26.8 Å². The minimum absolute atomic E-state index is 0.0521. The smallest absolute Gasteiger partial charge is 0.227 e. The first-order valence-electron chi connectivity index (χ1n) is 8.62. The maximum atomic E-state index is 12.2. The Bertz CT molecular complexity index is 1090. The minimum atomic E-state index is -3.34. The van der Waals surface area contributed by atoms with Crippen molar-refractivity contribution in [1.82, 2.24) is 4.98 Å². The molecule has 1 aliphatic rings. The first-order chi connectivity index (χ1) is 13.0. The molecule has 2 aromatic carbocycles. The van der Waals surface area contributed by atoms with Gasteiger partial charge in [-0.2, -0.15) is 0 Å². The highest BCUT2D eigenvalue weighted by molar-refractivity contribution is 7.90. The number of anilines is 1. The van der Waals surface area contributed by atoms with Crippen molar-refractivity contribution < 1.29 is 13.2 Å². The Balaban J connectivity index is 1.36. The van der Waals surface area contributed by atoms with Crippen LogP contribution in [0.2, 0.25) is 0 Å². The lowest BCUT2D eigenvalue weighted by molar-refractivity contribution is -0.115. The fraction of sp³-hybridized carbons (Fsp3) is 0.200. The lowest BCUT2D eigenvalue weighted by Gasteiger charge is -2.05. The zero-order valence-electron chi connectivity index (χ0n) is 14.5. The molecule has 0 aliphatic heterocycles. The van der Waals surface area contributed by atoms with Crippen LogP contribution in [0.4, 0.5) is 5.13 Å². The summed E-state index contributed by atoms with van der Waals surface area (Å²) in [7, 11) is -3.34. The summed E-state index contributed by atoms with van der Waals surface area (Å²) < 4.78 is 24.4. The van der Waals surface area contributed by atoms with Crippen molar-refractivity contribution >= 4 is 32.2 Å². The molecular weight excluding hydrogens is 380 g/mol. The molecule has 0 fully saturated rings. The molecule has 5 nitrogen and oxygen atoms in total. The first kappa shape index (κ1) is 17.9. The van der Waals surface area contributed by atoms with Gasteiger partial charge >= 0.3 is 0 Å². The normalized spacial score (nSPS) is 12.4. The molecule has 0 spiro atoms. The van der Waals surface area contributed by atoms with Gasteiger partial charge in [0.1, 0.15) is 0 Å². The molecular formula is C20H18N2O3S2. The van der Waals surface area contributed by atoms with E-state index >= 15 is 0 Å². The predicted molar refractivity (Wildman–Crippen MR) is 108 cm³/mol. The summed E-state index contributed by atoms with van der Waals surface area (Å²) in [4.78, 5) is 17.8. The Morgan fingerprint density at radius 1 is 1.07 bits per heavy atom. The number of carbonyl (C=O) groups excluding carboxylic acids is 1. The van der Waals surface area contributed by atoms with E-state index in [4.69, 9.17) is 0 Å². The molecule has 7 heteroatoms. The van der Waals surface area contributed by atoms with Gasteiger partial charge in [0.05, 0.1) is 17.2 Å². The minimum Gasteiger partial charge on any atom is -0.302 e. The highest BCUT2D eigenvalue weighted by Crippen LogP contribution is 2.40. The number of amides is 1. The number of nitrogens with one attached hydrogen (secondary N) is 1. The predicted octanol–water partition coefficient (Wildman–Crippen LogP) is 3.66. The molecule has 1 aliphatic carbocycles. The van der Waals surface area contributed by atoms with Crippen LogP contribution in [-0.4, -0.2) is 25.1 Å². The number of thiazole rings is 1. The third-order valence-corrected chi connectivity index (χ3v) is 7.01. The van der Waals surface area contributed by atoms with Crippen molar-refractivity contribution in [2.45, 2.75) is 18.6 Å². The van der Waals surface area contributed by atoms with Crippen LogP contribution >= 0.6 is 11.3 Å².